The van der Waals surface area contributed by atoms with Gasteiger partial charge in [0, 0.05) is 18.9 Å². The van der Waals surface area contributed by atoms with Crippen molar-refractivity contribution in [2.75, 3.05) is 32.3 Å². The zero-order valence-corrected chi connectivity index (χ0v) is 19.3. The zero-order chi connectivity index (χ0) is 24.1. The van der Waals surface area contributed by atoms with Gasteiger partial charge in [-0.15, -0.1) is 4.34 Å². The van der Waals surface area contributed by atoms with Crippen LogP contribution in [0.1, 0.15) is 0 Å². The lowest BCUT2D eigenvalue weighted by Crippen LogP contribution is -2.04. The molecule has 0 saturated carbocycles. The average Bonchev–Trinajstić information content (AvgIpc) is 3.25. The third kappa shape index (κ3) is 5.28. The Kier molecular flexibility index (Phi) is 6.95. The van der Waals surface area contributed by atoms with Crippen molar-refractivity contribution in [2.45, 2.75) is 0 Å². The number of nitro benzene ring substituents is 1. The molecule has 0 spiro atoms. The van der Waals surface area contributed by atoms with Crippen LogP contribution in [0, 0.1) is 10.1 Å². The van der Waals surface area contributed by atoms with Gasteiger partial charge in [-0.25, -0.2) is 0 Å². The van der Waals surface area contributed by atoms with Gasteiger partial charge in [0.25, 0.3) is 5.69 Å². The maximum Gasteiger partial charge on any atom is 0.464 e. The van der Waals surface area contributed by atoms with Gasteiger partial charge in [0.2, 0.25) is 11.8 Å². The summed E-state index contributed by atoms with van der Waals surface area (Å²) in [5.74, 6) is 1.30. The number of anilines is 2. The van der Waals surface area contributed by atoms with Crippen molar-refractivity contribution in [1.82, 2.24) is 14.3 Å². The molecule has 0 aliphatic carbocycles. The molecule has 0 bridgehead atoms. The summed E-state index contributed by atoms with van der Waals surface area (Å²) in [6.07, 6.45) is 1.63. The van der Waals surface area contributed by atoms with Crippen LogP contribution in [-0.4, -0.2) is 46.2 Å². The first kappa shape index (κ1) is 23.1. The maximum atomic E-state index is 12.2. The minimum absolute atomic E-state index is 0.108. The Morgan fingerprint density at radius 3 is 2.59 bits per heavy atom. The first-order valence-electron chi connectivity index (χ1n) is 10.2. The number of hydrogen-bond donors (Lipinski definition) is 1. The third-order valence-electron chi connectivity index (χ3n) is 4.70. The van der Waals surface area contributed by atoms with Crippen LogP contribution in [0.3, 0.4) is 0 Å². The molecule has 0 fully saturated rings. The van der Waals surface area contributed by atoms with Crippen molar-refractivity contribution < 1.29 is 23.7 Å². The topological polar surface area (TPSA) is 131 Å². The first-order valence-corrected chi connectivity index (χ1v) is 11.8. The molecule has 0 aliphatic heterocycles. The molecule has 2 aromatic carbocycles. The molecule has 2 heterocycles. The van der Waals surface area contributed by atoms with E-state index in [1.165, 1.54) is 22.5 Å². The van der Waals surface area contributed by atoms with Gasteiger partial charge >= 0.3 is 7.95 Å². The minimum atomic E-state index is -1.75. The second kappa shape index (κ2) is 10.2. The normalized spacial score (nSPS) is 11.3. The van der Waals surface area contributed by atoms with Crippen molar-refractivity contribution in [3.8, 4) is 17.4 Å². The standard InChI is InChI=1S/C22H21N5O6P/c1-31-12-13-32-17-8-6-15(7-9-17)23-22-24-20-19(10-11-26(20)34(2)30)21(25-22)33-18-5-3-4-16(14-18)27(28)29/h3-11,14H,12-13H2,1-2H3,(H,23,24,25)/q+1. The second-order valence-corrected chi connectivity index (χ2v) is 8.42. The molecule has 1 atom stereocenters. The van der Waals surface area contributed by atoms with E-state index in [2.05, 4.69) is 15.3 Å². The molecule has 0 amide bonds. The van der Waals surface area contributed by atoms with E-state index >= 15 is 0 Å². The van der Waals surface area contributed by atoms with E-state index in [-0.39, 0.29) is 23.3 Å². The van der Waals surface area contributed by atoms with E-state index in [9.17, 15) is 14.7 Å². The molecular formula is C22H21N5O6P+. The molecule has 1 N–H and O–H groups in total. The summed E-state index contributed by atoms with van der Waals surface area (Å²) in [4.78, 5) is 19.6. The quantitative estimate of drug-likeness (QED) is 0.142. The lowest BCUT2D eigenvalue weighted by Gasteiger charge is -2.10. The second-order valence-electron chi connectivity index (χ2n) is 7.06. The Bertz CT molecular complexity index is 1340. The lowest BCUT2D eigenvalue weighted by atomic mass is 10.3. The molecular weight excluding hydrogens is 461 g/mol. The Morgan fingerprint density at radius 2 is 1.88 bits per heavy atom. The summed E-state index contributed by atoms with van der Waals surface area (Å²) < 4.78 is 30.2. The molecule has 174 valence electrons. The highest BCUT2D eigenvalue weighted by molar-refractivity contribution is 7.42. The van der Waals surface area contributed by atoms with Crippen molar-refractivity contribution in [3.05, 3.63) is 70.9 Å². The molecule has 2 aromatic heterocycles. The maximum absolute atomic E-state index is 12.2. The molecule has 12 heteroatoms. The van der Waals surface area contributed by atoms with Crippen LogP contribution in [0.15, 0.2) is 60.8 Å². The number of nitro groups is 1. The van der Waals surface area contributed by atoms with E-state index in [0.29, 0.717) is 35.7 Å². The summed E-state index contributed by atoms with van der Waals surface area (Å²) in [7, 11) is -0.144. The number of hydrogen-bond acceptors (Lipinski definition) is 9. The van der Waals surface area contributed by atoms with Gasteiger partial charge in [-0.2, -0.15) is 9.97 Å². The fourth-order valence-corrected chi connectivity index (χ4v) is 3.79. The molecule has 4 rings (SSSR count). The van der Waals surface area contributed by atoms with Gasteiger partial charge in [-0.3, -0.25) is 10.1 Å². The van der Waals surface area contributed by atoms with Crippen molar-refractivity contribution in [2.24, 2.45) is 0 Å². The van der Waals surface area contributed by atoms with Crippen LogP contribution in [0.2, 0.25) is 0 Å². The Labute approximate surface area is 195 Å². The molecule has 0 saturated heterocycles. The highest BCUT2D eigenvalue weighted by Gasteiger charge is 2.21. The Hall–Kier alpha value is -4.08. The molecule has 0 aliphatic rings. The lowest BCUT2D eigenvalue weighted by molar-refractivity contribution is -0.384. The van der Waals surface area contributed by atoms with Crippen LogP contribution in [0.5, 0.6) is 17.4 Å². The number of ether oxygens (including phenoxy) is 3. The van der Waals surface area contributed by atoms with Crippen LogP contribution in [-0.2, 0) is 9.30 Å². The van der Waals surface area contributed by atoms with Gasteiger partial charge < -0.3 is 19.5 Å². The van der Waals surface area contributed by atoms with Crippen LogP contribution in [0.4, 0.5) is 17.3 Å². The fraction of sp³-hybridized carbons (Fsp3) is 0.182. The largest absolute Gasteiger partial charge is 0.491 e. The van der Waals surface area contributed by atoms with E-state index in [1.54, 1.807) is 56.4 Å². The zero-order valence-electron chi connectivity index (χ0n) is 18.4. The van der Waals surface area contributed by atoms with E-state index in [4.69, 9.17) is 14.2 Å². The first-order chi connectivity index (χ1) is 16.4. The summed E-state index contributed by atoms with van der Waals surface area (Å²) in [6, 6.07) is 14.7. The van der Waals surface area contributed by atoms with Crippen LogP contribution >= 0.6 is 7.95 Å². The van der Waals surface area contributed by atoms with Gasteiger partial charge in [0.15, 0.2) is 12.3 Å². The molecule has 11 nitrogen and oxygen atoms in total. The smallest absolute Gasteiger partial charge is 0.464 e. The Morgan fingerprint density at radius 1 is 1.09 bits per heavy atom. The van der Waals surface area contributed by atoms with Crippen molar-refractivity contribution >= 4 is 36.3 Å². The predicted molar refractivity (Wildman–Crippen MR) is 127 cm³/mol. The monoisotopic (exact) mass is 482 g/mol. The van der Waals surface area contributed by atoms with Crippen molar-refractivity contribution in [1.29, 1.82) is 0 Å². The number of rotatable bonds is 10. The number of aromatic nitrogens is 3. The molecule has 4 aromatic rings. The van der Waals surface area contributed by atoms with Crippen LogP contribution < -0.4 is 14.8 Å². The highest BCUT2D eigenvalue weighted by Crippen LogP contribution is 2.35. The highest BCUT2D eigenvalue weighted by atomic mass is 31.1. The summed E-state index contributed by atoms with van der Waals surface area (Å²) in [5.41, 5.74) is 0.989. The third-order valence-corrected chi connectivity index (χ3v) is 5.63. The minimum Gasteiger partial charge on any atom is -0.491 e. The van der Waals surface area contributed by atoms with Gasteiger partial charge in [-0.05, 0) is 41.0 Å². The number of nitrogens with zero attached hydrogens (tertiary/aromatic N) is 4. The van der Waals surface area contributed by atoms with E-state index in [1.807, 2.05) is 0 Å². The van der Waals surface area contributed by atoms with Gasteiger partial charge in [0.1, 0.15) is 18.1 Å². The summed E-state index contributed by atoms with van der Waals surface area (Å²) in [5, 5.41) is 14.7. The number of benzene rings is 2. The number of nitrogens with one attached hydrogen (secondary N) is 1. The number of non-ortho nitro benzene ring substituents is 1. The Balaban J connectivity index is 1.66. The SMILES string of the molecule is COCCOc1ccc(Nc2nc(Oc3cccc([N+](=O)[O-])c3)c3ccn([P+](C)=O)c3n2)cc1. The van der Waals surface area contributed by atoms with Crippen LogP contribution in [0.25, 0.3) is 11.0 Å². The van der Waals surface area contributed by atoms with Gasteiger partial charge in [0.05, 0.1) is 29.2 Å². The predicted octanol–water partition coefficient (Wildman–Crippen LogP) is 5.12. The summed E-state index contributed by atoms with van der Waals surface area (Å²) >= 11 is 0. The average molecular weight is 482 g/mol. The van der Waals surface area contributed by atoms with Gasteiger partial charge in [-0.1, -0.05) is 6.07 Å². The number of methoxy groups -OCH3 is 1. The molecule has 0 radical (unpaired) electrons. The number of fused-ring (bicyclic) bond motifs is 1. The van der Waals surface area contributed by atoms with E-state index in [0.717, 1.165) is 0 Å². The molecule has 34 heavy (non-hydrogen) atoms. The van der Waals surface area contributed by atoms with E-state index < -0.39 is 12.9 Å². The summed E-state index contributed by atoms with van der Waals surface area (Å²) in [6.45, 7) is 2.49. The van der Waals surface area contributed by atoms with Crippen molar-refractivity contribution in [3.63, 3.8) is 0 Å². The fourth-order valence-electron chi connectivity index (χ4n) is 3.11. The molecule has 1 unspecified atom stereocenters.